The molecule has 0 spiro atoms. The summed E-state index contributed by atoms with van der Waals surface area (Å²) in [4.78, 5) is 11.9. The average molecular weight is 316 g/mol. The number of benzene rings is 1. The smallest absolute Gasteiger partial charge is 0.239 e. The van der Waals surface area contributed by atoms with Crippen LogP contribution in [0.25, 0.3) is 0 Å². The number of amides is 1. The van der Waals surface area contributed by atoms with Crippen molar-refractivity contribution in [3.05, 3.63) is 30.1 Å². The summed E-state index contributed by atoms with van der Waals surface area (Å²) in [5.74, 6) is -0.622. The number of nitrogens with one attached hydrogen (secondary N) is 1. The first-order valence-electron chi connectivity index (χ1n) is 6.69. The number of carbonyl (C=O) groups is 1. The van der Waals surface area contributed by atoms with Gasteiger partial charge < -0.3 is 5.32 Å². The predicted molar refractivity (Wildman–Crippen MR) is 80.9 cm³/mol. The van der Waals surface area contributed by atoms with E-state index in [1.165, 1.54) is 18.2 Å². The molecule has 0 aromatic heterocycles. The van der Waals surface area contributed by atoms with E-state index in [0.717, 1.165) is 10.6 Å². The number of hydrogen-bond acceptors (Lipinski definition) is 3. The average Bonchev–Trinajstić information content (AvgIpc) is 2.32. The van der Waals surface area contributed by atoms with Gasteiger partial charge in [0.25, 0.3) is 0 Å². The molecule has 0 heterocycles. The van der Waals surface area contributed by atoms with Crippen molar-refractivity contribution in [2.24, 2.45) is 5.92 Å². The zero-order valence-electron chi connectivity index (χ0n) is 12.5. The lowest BCUT2D eigenvalue weighted by Crippen LogP contribution is -2.38. The molecule has 0 atom stereocenters. The third-order valence-electron chi connectivity index (χ3n) is 2.85. The first kappa shape index (κ1) is 17.6. The number of carbonyl (C=O) groups excluding carboxylic acids is 1. The Kier molecular flexibility index (Phi) is 6.29. The molecule has 0 fully saturated rings. The Balaban J connectivity index is 2.68. The third-order valence-corrected chi connectivity index (χ3v) is 4.10. The molecule has 0 saturated heterocycles. The van der Waals surface area contributed by atoms with Gasteiger partial charge in [0, 0.05) is 12.2 Å². The maximum atomic E-state index is 13.0. The molecule has 0 bridgehead atoms. The van der Waals surface area contributed by atoms with Crippen LogP contribution in [0.2, 0.25) is 0 Å². The van der Waals surface area contributed by atoms with Gasteiger partial charge in [0.1, 0.15) is 5.82 Å². The van der Waals surface area contributed by atoms with E-state index < -0.39 is 21.7 Å². The summed E-state index contributed by atoms with van der Waals surface area (Å²) in [6.45, 7) is 3.97. The van der Waals surface area contributed by atoms with Crippen molar-refractivity contribution in [3.63, 3.8) is 0 Å². The molecule has 0 unspecified atom stereocenters. The minimum absolute atomic E-state index is 0.276. The molecule has 7 heteroatoms. The van der Waals surface area contributed by atoms with Crippen molar-refractivity contribution in [3.8, 4) is 0 Å². The highest BCUT2D eigenvalue weighted by Gasteiger charge is 2.20. The van der Waals surface area contributed by atoms with Crippen LogP contribution in [0.3, 0.4) is 0 Å². The van der Waals surface area contributed by atoms with Crippen LogP contribution < -0.4 is 5.32 Å². The van der Waals surface area contributed by atoms with Crippen molar-refractivity contribution < 1.29 is 17.6 Å². The summed E-state index contributed by atoms with van der Waals surface area (Å²) < 4.78 is 37.5. The molecule has 1 aromatic rings. The van der Waals surface area contributed by atoms with Gasteiger partial charge >= 0.3 is 0 Å². The Labute approximate surface area is 125 Å². The molecule has 1 rings (SSSR count). The van der Waals surface area contributed by atoms with Crippen LogP contribution in [0.15, 0.2) is 24.3 Å². The van der Waals surface area contributed by atoms with Crippen LogP contribution in [0, 0.1) is 11.7 Å². The second kappa shape index (κ2) is 7.51. The Morgan fingerprint density at radius 2 is 2.05 bits per heavy atom. The molecular formula is C14H21FN2O3S. The highest BCUT2D eigenvalue weighted by Crippen LogP contribution is 2.10. The van der Waals surface area contributed by atoms with Gasteiger partial charge in [-0.25, -0.2) is 12.8 Å². The fourth-order valence-corrected chi connectivity index (χ4v) is 2.48. The summed E-state index contributed by atoms with van der Waals surface area (Å²) in [7, 11) is -3.46. The minimum Gasteiger partial charge on any atom is -0.325 e. The Morgan fingerprint density at radius 1 is 1.38 bits per heavy atom. The first-order valence-corrected chi connectivity index (χ1v) is 8.54. The summed E-state index contributed by atoms with van der Waals surface area (Å²) in [5.41, 5.74) is 0.303. The molecule has 1 aromatic carbocycles. The fourth-order valence-electron chi connectivity index (χ4n) is 1.69. The van der Waals surface area contributed by atoms with E-state index in [1.54, 1.807) is 6.07 Å². The van der Waals surface area contributed by atoms with Crippen LogP contribution >= 0.6 is 0 Å². The van der Waals surface area contributed by atoms with Gasteiger partial charge in [-0.3, -0.25) is 4.79 Å². The molecular weight excluding hydrogens is 295 g/mol. The lowest BCUT2D eigenvalue weighted by Gasteiger charge is -2.20. The topological polar surface area (TPSA) is 66.5 Å². The summed E-state index contributed by atoms with van der Waals surface area (Å²) in [6, 6.07) is 5.45. The van der Waals surface area contributed by atoms with Crippen LogP contribution in [0.4, 0.5) is 10.1 Å². The van der Waals surface area contributed by atoms with Gasteiger partial charge in [0.05, 0.1) is 12.8 Å². The van der Waals surface area contributed by atoms with Crippen LogP contribution in [-0.2, 0) is 14.8 Å². The molecule has 5 nitrogen and oxygen atoms in total. The molecule has 1 amide bonds. The Hall–Kier alpha value is -1.47. The fraction of sp³-hybridized carbons (Fsp3) is 0.500. The monoisotopic (exact) mass is 316 g/mol. The molecule has 0 aliphatic carbocycles. The second-order valence-electron chi connectivity index (χ2n) is 5.34. The summed E-state index contributed by atoms with van der Waals surface area (Å²) in [6.07, 6.45) is 1.74. The maximum Gasteiger partial charge on any atom is 0.239 e. The third kappa shape index (κ3) is 6.68. The highest BCUT2D eigenvalue weighted by molar-refractivity contribution is 7.88. The number of halogens is 1. The van der Waals surface area contributed by atoms with Crippen molar-refractivity contribution >= 4 is 21.6 Å². The number of nitrogens with zero attached hydrogens (tertiary/aromatic N) is 1. The Bertz CT molecular complexity index is 588. The van der Waals surface area contributed by atoms with E-state index in [4.69, 9.17) is 0 Å². The maximum absolute atomic E-state index is 13.0. The van der Waals surface area contributed by atoms with E-state index in [2.05, 4.69) is 5.32 Å². The quantitative estimate of drug-likeness (QED) is 0.837. The normalized spacial score (nSPS) is 11.9. The molecule has 21 heavy (non-hydrogen) atoms. The van der Waals surface area contributed by atoms with E-state index in [0.29, 0.717) is 18.0 Å². The van der Waals surface area contributed by atoms with Gasteiger partial charge in [-0.15, -0.1) is 0 Å². The van der Waals surface area contributed by atoms with Gasteiger partial charge in [-0.1, -0.05) is 19.9 Å². The number of hydrogen-bond donors (Lipinski definition) is 1. The molecule has 118 valence electrons. The summed E-state index contributed by atoms with van der Waals surface area (Å²) >= 11 is 0. The number of anilines is 1. The van der Waals surface area contributed by atoms with Gasteiger partial charge in [-0.05, 0) is 30.5 Å². The first-order chi connectivity index (χ1) is 9.68. The number of rotatable bonds is 7. The lowest BCUT2D eigenvalue weighted by atomic mass is 10.1. The van der Waals surface area contributed by atoms with Crippen LogP contribution in [0.1, 0.15) is 20.3 Å². The SMILES string of the molecule is CC(C)CCN(CC(=O)Nc1cccc(F)c1)S(C)(=O)=O. The largest absolute Gasteiger partial charge is 0.325 e. The Morgan fingerprint density at radius 3 is 2.57 bits per heavy atom. The summed E-state index contributed by atoms with van der Waals surface area (Å²) in [5, 5.41) is 2.49. The van der Waals surface area contributed by atoms with Crippen LogP contribution in [0.5, 0.6) is 0 Å². The van der Waals surface area contributed by atoms with Crippen molar-refractivity contribution in [2.45, 2.75) is 20.3 Å². The van der Waals surface area contributed by atoms with Gasteiger partial charge in [0.15, 0.2) is 0 Å². The molecule has 0 aliphatic heterocycles. The van der Waals surface area contributed by atoms with Crippen molar-refractivity contribution in [1.82, 2.24) is 4.31 Å². The molecule has 0 saturated carbocycles. The zero-order chi connectivity index (χ0) is 16.0. The lowest BCUT2D eigenvalue weighted by molar-refractivity contribution is -0.116. The molecule has 1 N–H and O–H groups in total. The molecule has 0 aliphatic rings. The standard InChI is InChI=1S/C14H21FN2O3S/c1-11(2)7-8-17(21(3,19)20)10-14(18)16-13-6-4-5-12(15)9-13/h4-6,9,11H,7-8,10H2,1-3H3,(H,16,18). The zero-order valence-corrected chi connectivity index (χ0v) is 13.3. The van der Waals surface area contributed by atoms with Crippen molar-refractivity contribution in [2.75, 3.05) is 24.7 Å². The number of sulfonamides is 1. The van der Waals surface area contributed by atoms with Crippen molar-refractivity contribution in [1.29, 1.82) is 0 Å². The predicted octanol–water partition coefficient (Wildman–Crippen LogP) is 2.07. The van der Waals surface area contributed by atoms with E-state index in [9.17, 15) is 17.6 Å². The minimum atomic E-state index is -3.46. The van der Waals surface area contributed by atoms with Gasteiger partial charge in [-0.2, -0.15) is 4.31 Å². The highest BCUT2D eigenvalue weighted by atomic mass is 32.2. The molecule has 0 radical (unpaired) electrons. The second-order valence-corrected chi connectivity index (χ2v) is 7.32. The van der Waals surface area contributed by atoms with E-state index in [1.807, 2.05) is 13.8 Å². The van der Waals surface area contributed by atoms with Gasteiger partial charge in [0.2, 0.25) is 15.9 Å². The van der Waals surface area contributed by atoms with E-state index in [-0.39, 0.29) is 13.1 Å². The van der Waals surface area contributed by atoms with E-state index >= 15 is 0 Å². The van der Waals surface area contributed by atoms with Crippen LogP contribution in [-0.4, -0.2) is 38.0 Å².